The van der Waals surface area contributed by atoms with Gasteiger partial charge in [0.1, 0.15) is 6.10 Å². The Bertz CT molecular complexity index is 832. The van der Waals surface area contributed by atoms with Crippen molar-refractivity contribution in [3.63, 3.8) is 0 Å². The molecule has 2 aliphatic heterocycles. The first-order valence-corrected chi connectivity index (χ1v) is 10.7. The zero-order chi connectivity index (χ0) is 20.4. The predicted molar refractivity (Wildman–Crippen MR) is 116 cm³/mol. The monoisotopic (exact) mass is 416 g/mol. The van der Waals surface area contributed by atoms with Crippen LogP contribution in [-0.2, 0) is 0 Å². The second-order valence-corrected chi connectivity index (χ2v) is 8.65. The Morgan fingerprint density at radius 3 is 2.45 bits per heavy atom. The molecule has 0 radical (unpaired) electrons. The number of pyridine rings is 2. The van der Waals surface area contributed by atoms with Gasteiger partial charge >= 0.3 is 0 Å². The maximum atomic E-state index is 6.37. The first-order chi connectivity index (χ1) is 14.0. The number of halogens is 1. The van der Waals surface area contributed by atoms with Crippen LogP contribution in [0.3, 0.4) is 0 Å². The van der Waals surface area contributed by atoms with Crippen molar-refractivity contribution in [1.29, 1.82) is 0 Å². The molecular formula is C22H29ClN4O2. The molecule has 29 heavy (non-hydrogen) atoms. The van der Waals surface area contributed by atoms with Crippen LogP contribution in [0.4, 0.5) is 11.4 Å². The lowest BCUT2D eigenvalue weighted by atomic mass is 9.96. The number of nitrogens with zero attached hydrogens (tertiary/aromatic N) is 4. The van der Waals surface area contributed by atoms with Crippen molar-refractivity contribution in [2.75, 3.05) is 43.1 Å². The molecule has 0 spiro atoms. The Hall–Kier alpha value is -2.21. The number of hydrogen-bond donors (Lipinski definition) is 0. The van der Waals surface area contributed by atoms with Crippen molar-refractivity contribution in [1.82, 2.24) is 9.97 Å². The van der Waals surface area contributed by atoms with E-state index in [0.29, 0.717) is 22.7 Å². The first kappa shape index (κ1) is 20.1. The summed E-state index contributed by atoms with van der Waals surface area (Å²) < 4.78 is 11.5. The highest BCUT2D eigenvalue weighted by atomic mass is 35.5. The highest BCUT2D eigenvalue weighted by Crippen LogP contribution is 2.33. The topological polar surface area (TPSA) is 50.7 Å². The Balaban J connectivity index is 1.37. The average Bonchev–Trinajstić information content (AvgIpc) is 3.17. The van der Waals surface area contributed by atoms with Crippen molar-refractivity contribution < 1.29 is 9.47 Å². The molecule has 0 bridgehead atoms. The van der Waals surface area contributed by atoms with E-state index >= 15 is 0 Å². The van der Waals surface area contributed by atoms with E-state index in [2.05, 4.69) is 39.7 Å². The van der Waals surface area contributed by atoms with E-state index in [9.17, 15) is 0 Å². The quantitative estimate of drug-likeness (QED) is 0.725. The van der Waals surface area contributed by atoms with Gasteiger partial charge in [0, 0.05) is 50.7 Å². The van der Waals surface area contributed by atoms with E-state index < -0.39 is 0 Å². The molecule has 4 rings (SSSR count). The number of methoxy groups -OCH3 is 1. The highest BCUT2D eigenvalue weighted by molar-refractivity contribution is 6.33. The van der Waals surface area contributed by atoms with Gasteiger partial charge in [0.2, 0.25) is 11.8 Å². The number of ether oxygens (including phenoxy) is 2. The van der Waals surface area contributed by atoms with Gasteiger partial charge in [-0.1, -0.05) is 25.4 Å². The van der Waals surface area contributed by atoms with Gasteiger partial charge in [-0.2, -0.15) is 0 Å². The lowest BCUT2D eigenvalue weighted by Crippen LogP contribution is -2.44. The van der Waals surface area contributed by atoms with Gasteiger partial charge in [0.05, 0.1) is 35.9 Å². The van der Waals surface area contributed by atoms with Crippen LogP contribution in [0.2, 0.25) is 5.02 Å². The molecule has 7 heteroatoms. The molecule has 0 saturated carbocycles. The molecule has 2 saturated heterocycles. The molecule has 4 heterocycles. The highest BCUT2D eigenvalue weighted by Gasteiger charge is 2.29. The van der Waals surface area contributed by atoms with Crippen LogP contribution < -0.4 is 19.3 Å². The van der Waals surface area contributed by atoms with Crippen molar-refractivity contribution in [2.24, 2.45) is 11.8 Å². The van der Waals surface area contributed by atoms with Crippen LogP contribution in [-0.4, -0.2) is 49.4 Å². The molecule has 0 amide bonds. The zero-order valence-corrected chi connectivity index (χ0v) is 18.1. The van der Waals surface area contributed by atoms with E-state index in [4.69, 9.17) is 21.1 Å². The third kappa shape index (κ3) is 4.53. The summed E-state index contributed by atoms with van der Waals surface area (Å²) in [4.78, 5) is 13.4. The van der Waals surface area contributed by atoms with E-state index in [1.165, 1.54) is 12.1 Å². The predicted octanol–water partition coefficient (Wildman–Crippen LogP) is 4.28. The molecule has 156 valence electrons. The minimum absolute atomic E-state index is 0.138. The fourth-order valence-electron chi connectivity index (χ4n) is 4.24. The number of aromatic nitrogens is 2. The Morgan fingerprint density at radius 1 is 1.00 bits per heavy atom. The van der Waals surface area contributed by atoms with Crippen molar-refractivity contribution in [2.45, 2.75) is 32.8 Å². The van der Waals surface area contributed by atoms with E-state index in [1.807, 2.05) is 18.3 Å². The standard InChI is InChI=1S/C22H29ClN4O2/c1-15-6-8-26(13-15)17-4-5-21(24-11-17)29-20-7-9-27(14-16(20)2)19-10-22(28-3)25-12-18(19)23/h4-5,10-12,15-16,20H,6-9,13-14H2,1-3H3. The molecule has 2 fully saturated rings. The smallest absolute Gasteiger partial charge is 0.215 e. The molecule has 2 aromatic rings. The van der Waals surface area contributed by atoms with Gasteiger partial charge < -0.3 is 19.3 Å². The fourth-order valence-corrected chi connectivity index (χ4v) is 4.46. The maximum Gasteiger partial charge on any atom is 0.215 e. The number of piperidine rings is 1. The number of anilines is 2. The van der Waals surface area contributed by atoms with E-state index in [1.54, 1.807) is 13.3 Å². The van der Waals surface area contributed by atoms with Gasteiger partial charge in [-0.3, -0.25) is 0 Å². The summed E-state index contributed by atoms with van der Waals surface area (Å²) in [6.45, 7) is 8.46. The Morgan fingerprint density at radius 2 is 1.79 bits per heavy atom. The molecular weight excluding hydrogens is 388 g/mol. The SMILES string of the molecule is COc1cc(N2CCC(Oc3ccc(N4CCC(C)C4)cn3)C(C)C2)c(Cl)cn1. The van der Waals surface area contributed by atoms with Crippen molar-refractivity contribution >= 4 is 23.0 Å². The van der Waals surface area contributed by atoms with Crippen LogP contribution in [0.5, 0.6) is 11.8 Å². The summed E-state index contributed by atoms with van der Waals surface area (Å²) in [5, 5.41) is 0.644. The molecule has 2 aliphatic rings. The first-order valence-electron chi connectivity index (χ1n) is 10.4. The fraction of sp³-hybridized carbons (Fsp3) is 0.545. The summed E-state index contributed by atoms with van der Waals surface area (Å²) in [7, 11) is 1.62. The van der Waals surface area contributed by atoms with Crippen LogP contribution >= 0.6 is 11.6 Å². The van der Waals surface area contributed by atoms with Crippen molar-refractivity contribution in [3.8, 4) is 11.8 Å². The number of hydrogen-bond acceptors (Lipinski definition) is 6. The molecule has 0 N–H and O–H groups in total. The lowest BCUT2D eigenvalue weighted by molar-refractivity contribution is 0.116. The summed E-state index contributed by atoms with van der Waals surface area (Å²) in [5.74, 6) is 2.38. The Kier molecular flexibility index (Phi) is 5.99. The third-order valence-electron chi connectivity index (χ3n) is 5.97. The molecule has 6 nitrogen and oxygen atoms in total. The normalized spacial score (nSPS) is 24.6. The van der Waals surface area contributed by atoms with E-state index in [0.717, 1.165) is 44.2 Å². The number of rotatable bonds is 5. The van der Waals surface area contributed by atoms with E-state index in [-0.39, 0.29) is 6.10 Å². The van der Waals surface area contributed by atoms with Gasteiger partial charge in [0.25, 0.3) is 0 Å². The summed E-state index contributed by atoms with van der Waals surface area (Å²) in [5.41, 5.74) is 2.15. The summed E-state index contributed by atoms with van der Waals surface area (Å²) >= 11 is 6.37. The Labute approximate surface area is 177 Å². The largest absolute Gasteiger partial charge is 0.481 e. The molecule has 2 aromatic heterocycles. The minimum atomic E-state index is 0.138. The average molecular weight is 417 g/mol. The maximum absolute atomic E-state index is 6.37. The molecule has 3 atom stereocenters. The lowest BCUT2D eigenvalue weighted by Gasteiger charge is -2.38. The van der Waals surface area contributed by atoms with Crippen molar-refractivity contribution in [3.05, 3.63) is 35.6 Å². The van der Waals surface area contributed by atoms with Gasteiger partial charge in [-0.25, -0.2) is 9.97 Å². The van der Waals surface area contributed by atoms with Crippen LogP contribution in [0, 0.1) is 11.8 Å². The van der Waals surface area contributed by atoms with Gasteiger partial charge in [-0.05, 0) is 18.4 Å². The third-order valence-corrected chi connectivity index (χ3v) is 6.26. The zero-order valence-electron chi connectivity index (χ0n) is 17.3. The van der Waals surface area contributed by atoms with Crippen LogP contribution in [0.15, 0.2) is 30.6 Å². The molecule has 0 aliphatic carbocycles. The van der Waals surface area contributed by atoms with Crippen LogP contribution in [0.25, 0.3) is 0 Å². The second kappa shape index (κ2) is 8.66. The molecule has 0 aromatic carbocycles. The minimum Gasteiger partial charge on any atom is -0.481 e. The molecule has 3 unspecified atom stereocenters. The summed E-state index contributed by atoms with van der Waals surface area (Å²) in [6.07, 6.45) is 5.89. The summed E-state index contributed by atoms with van der Waals surface area (Å²) in [6, 6.07) is 6.03. The van der Waals surface area contributed by atoms with Gasteiger partial charge in [-0.15, -0.1) is 0 Å². The van der Waals surface area contributed by atoms with Gasteiger partial charge in [0.15, 0.2) is 0 Å². The second-order valence-electron chi connectivity index (χ2n) is 8.24. The van der Waals surface area contributed by atoms with Crippen LogP contribution in [0.1, 0.15) is 26.7 Å².